The fourth-order valence-corrected chi connectivity index (χ4v) is 10.0. The Kier molecular flexibility index (Phi) is 71.3. The molecule has 0 aromatic carbocycles. The highest BCUT2D eigenvalue weighted by Crippen LogP contribution is 2.17. The van der Waals surface area contributed by atoms with E-state index in [1.54, 1.807) is 0 Å². The first-order valence-corrected chi connectivity index (χ1v) is 38.6. The molecule has 9 nitrogen and oxygen atoms in total. The van der Waals surface area contributed by atoms with Crippen molar-refractivity contribution < 1.29 is 42.9 Å². The zero-order chi connectivity index (χ0) is 70.4. The predicted octanol–water partition coefficient (Wildman–Crippen LogP) is 24.9. The monoisotopic (exact) mass is 1340 g/mol. The Hall–Kier alpha value is -5.87. The quantitative estimate of drug-likeness (QED) is 0.0211. The maximum atomic E-state index is 13.0. The second-order valence-electron chi connectivity index (χ2n) is 26.2. The summed E-state index contributed by atoms with van der Waals surface area (Å²) in [5.74, 6) is -2.06. The molecule has 0 spiro atoms. The largest absolute Gasteiger partial charge is 0.477 e. The summed E-state index contributed by atoms with van der Waals surface area (Å²) >= 11 is 0. The SMILES string of the molecule is CC/C=C\C/C=C\C/C=C\C/C=C\C/C=C\C/C=C\C/C=C\C/C=C\C/C=C\C/C=C\C/C=C\CCCCCC(=O)OC(COC(=O)CCCCCCCCCCCCCCCCCCCCC/C=C\C/C=C\C/C=C\C/C=C\C/C=C\CC)COC(OCC[N+](C)(C)C)C(=O)O. The molecule has 0 aromatic heterocycles. The van der Waals surface area contributed by atoms with Crippen LogP contribution in [-0.2, 0) is 33.3 Å². The number of carbonyl (C=O) groups is 3. The Morgan fingerprint density at radius 1 is 0.309 bits per heavy atom. The van der Waals surface area contributed by atoms with Crippen LogP contribution in [0.1, 0.15) is 284 Å². The van der Waals surface area contributed by atoms with Gasteiger partial charge >= 0.3 is 17.9 Å². The molecule has 0 heterocycles. The number of ether oxygens (including phenoxy) is 4. The van der Waals surface area contributed by atoms with Gasteiger partial charge in [0, 0.05) is 12.8 Å². The molecule has 0 aliphatic rings. The van der Waals surface area contributed by atoms with Crippen molar-refractivity contribution in [3.05, 3.63) is 194 Å². The fourth-order valence-electron chi connectivity index (χ4n) is 10.0. The van der Waals surface area contributed by atoms with Gasteiger partial charge in [0.2, 0.25) is 0 Å². The Morgan fingerprint density at radius 2 is 0.557 bits per heavy atom. The van der Waals surface area contributed by atoms with Crippen LogP contribution in [0.3, 0.4) is 0 Å². The minimum atomic E-state index is -1.53. The number of quaternary nitrogens is 1. The fraction of sp³-hybridized carbons (Fsp3) is 0.602. The third-order valence-corrected chi connectivity index (χ3v) is 15.8. The molecule has 0 amide bonds. The maximum absolute atomic E-state index is 13.0. The summed E-state index contributed by atoms with van der Waals surface area (Å²) in [7, 11) is 5.96. The lowest BCUT2D eigenvalue weighted by Crippen LogP contribution is -2.40. The van der Waals surface area contributed by atoms with Crippen molar-refractivity contribution in [2.45, 2.75) is 296 Å². The van der Waals surface area contributed by atoms with E-state index < -0.39 is 24.3 Å². The number of hydrogen-bond donors (Lipinski definition) is 1. The Balaban J connectivity index is 4.18. The predicted molar refractivity (Wildman–Crippen MR) is 419 cm³/mol. The molecule has 546 valence electrons. The van der Waals surface area contributed by atoms with E-state index in [4.69, 9.17) is 18.9 Å². The molecule has 0 saturated carbocycles. The molecule has 2 atom stereocenters. The lowest BCUT2D eigenvalue weighted by atomic mass is 10.0. The van der Waals surface area contributed by atoms with Crippen molar-refractivity contribution in [2.24, 2.45) is 0 Å². The van der Waals surface area contributed by atoms with Gasteiger partial charge < -0.3 is 28.5 Å². The zero-order valence-electron chi connectivity index (χ0n) is 62.4. The van der Waals surface area contributed by atoms with Crippen molar-refractivity contribution >= 4 is 17.9 Å². The number of esters is 2. The Labute approximate surface area is 595 Å². The molecular weight excluding hydrogens is 1200 g/mol. The van der Waals surface area contributed by atoms with Gasteiger partial charge in [0.05, 0.1) is 34.4 Å². The first kappa shape index (κ1) is 91.1. The molecule has 0 rings (SSSR count). The molecule has 9 heteroatoms. The lowest BCUT2D eigenvalue weighted by molar-refractivity contribution is -0.870. The van der Waals surface area contributed by atoms with E-state index >= 15 is 0 Å². The van der Waals surface area contributed by atoms with Crippen molar-refractivity contribution in [1.82, 2.24) is 0 Å². The van der Waals surface area contributed by atoms with Gasteiger partial charge in [0.1, 0.15) is 13.2 Å². The van der Waals surface area contributed by atoms with Crippen LogP contribution >= 0.6 is 0 Å². The third kappa shape index (κ3) is 77.4. The second kappa shape index (κ2) is 75.9. The summed E-state index contributed by atoms with van der Waals surface area (Å²) < 4.78 is 23.0. The molecule has 0 aromatic rings. The summed E-state index contributed by atoms with van der Waals surface area (Å²) in [6.07, 6.45) is 114. The van der Waals surface area contributed by atoms with E-state index in [0.29, 0.717) is 17.4 Å². The molecule has 0 aliphatic heterocycles. The average Bonchev–Trinajstić information content (AvgIpc) is 3.11. The minimum absolute atomic E-state index is 0.172. The molecule has 1 N–H and O–H groups in total. The van der Waals surface area contributed by atoms with Crippen molar-refractivity contribution in [3.63, 3.8) is 0 Å². The van der Waals surface area contributed by atoms with Crippen LogP contribution in [0.4, 0.5) is 0 Å². The molecule has 97 heavy (non-hydrogen) atoms. The van der Waals surface area contributed by atoms with Crippen LogP contribution in [0, 0.1) is 0 Å². The van der Waals surface area contributed by atoms with E-state index in [-0.39, 0.29) is 38.6 Å². The summed E-state index contributed by atoms with van der Waals surface area (Å²) in [5, 5.41) is 9.77. The van der Waals surface area contributed by atoms with Gasteiger partial charge in [0.15, 0.2) is 6.10 Å². The van der Waals surface area contributed by atoms with E-state index in [0.717, 1.165) is 141 Å². The highest BCUT2D eigenvalue weighted by molar-refractivity contribution is 5.71. The number of unbranched alkanes of at least 4 members (excludes halogenated alkanes) is 22. The van der Waals surface area contributed by atoms with E-state index in [1.165, 1.54) is 109 Å². The number of aliphatic carboxylic acids is 1. The van der Waals surface area contributed by atoms with Gasteiger partial charge in [-0.25, -0.2) is 4.79 Å². The standard InChI is InChI=1S/C88H141NO8/c1-6-8-10-12-14-16-18-20-22-24-26-28-30-32-34-36-38-40-42-43-45-47-49-51-53-55-57-59-61-63-65-67-69-71-73-75-77-79-86(91)97-84(83-96-88(87(92)93)94-81-80-89(3,4)5)82-95-85(90)78-76-74-72-70-68-66-64-62-60-58-56-54-52-50-48-46-44-41-39-37-35-33-31-29-27-25-23-21-19-17-15-13-11-9-7-2/h8-11,14-17,20-23,26-29,32-35,38,40,43,45,49,51,55,57,61,63,67,69,84,88H,6-7,12-13,18-19,24-25,30-31,36-37,39,41-42,44,46-48,50,52-54,56,58-60,62,64-66,68,70-83H2,1-5H3/p+1/b10-8-,11-9-,16-14-,17-15-,22-20-,23-21-,28-26-,29-27-,34-32-,35-33-,40-38-,45-43-,51-49-,57-55-,63-61-,69-67-. The van der Waals surface area contributed by atoms with Crippen LogP contribution in [0.5, 0.6) is 0 Å². The molecule has 0 saturated heterocycles. The van der Waals surface area contributed by atoms with Gasteiger partial charge in [-0.05, 0) is 141 Å². The molecule has 0 bridgehead atoms. The number of nitrogens with zero attached hydrogens (tertiary/aromatic N) is 1. The van der Waals surface area contributed by atoms with Gasteiger partial charge in [-0.1, -0.05) is 324 Å². The Morgan fingerprint density at radius 3 is 0.835 bits per heavy atom. The van der Waals surface area contributed by atoms with Gasteiger partial charge in [0.25, 0.3) is 6.29 Å². The number of hydrogen-bond acceptors (Lipinski definition) is 7. The molecule has 2 unspecified atom stereocenters. The van der Waals surface area contributed by atoms with Crippen LogP contribution < -0.4 is 0 Å². The van der Waals surface area contributed by atoms with Crippen LogP contribution in [0.25, 0.3) is 0 Å². The Bertz CT molecular complexity index is 2310. The third-order valence-electron chi connectivity index (χ3n) is 15.8. The summed E-state index contributed by atoms with van der Waals surface area (Å²) in [4.78, 5) is 37.7. The topological polar surface area (TPSA) is 108 Å². The number of carbonyl (C=O) groups excluding carboxylic acids is 2. The lowest BCUT2D eigenvalue weighted by Gasteiger charge is -2.25. The van der Waals surface area contributed by atoms with Crippen LogP contribution in [-0.4, -0.2) is 87.4 Å². The van der Waals surface area contributed by atoms with Crippen LogP contribution in [0.2, 0.25) is 0 Å². The normalized spacial score (nSPS) is 13.8. The highest BCUT2D eigenvalue weighted by Gasteiger charge is 2.25. The van der Waals surface area contributed by atoms with Gasteiger partial charge in [-0.15, -0.1) is 0 Å². The summed E-state index contributed by atoms with van der Waals surface area (Å²) in [6.45, 7) is 4.61. The number of rotatable bonds is 69. The van der Waals surface area contributed by atoms with Gasteiger partial charge in [-0.3, -0.25) is 9.59 Å². The summed E-state index contributed by atoms with van der Waals surface area (Å²) in [6, 6.07) is 0. The van der Waals surface area contributed by atoms with E-state index in [1.807, 2.05) is 21.1 Å². The smallest absolute Gasteiger partial charge is 0.361 e. The van der Waals surface area contributed by atoms with E-state index in [2.05, 4.69) is 208 Å². The number of carboxylic acids is 1. The molecule has 0 aliphatic carbocycles. The first-order valence-electron chi connectivity index (χ1n) is 38.6. The van der Waals surface area contributed by atoms with Crippen LogP contribution in [0.15, 0.2) is 194 Å². The minimum Gasteiger partial charge on any atom is -0.477 e. The first-order chi connectivity index (χ1) is 47.6. The highest BCUT2D eigenvalue weighted by atomic mass is 16.7. The van der Waals surface area contributed by atoms with Crippen molar-refractivity contribution in [1.29, 1.82) is 0 Å². The number of allylic oxidation sites excluding steroid dienone is 32. The van der Waals surface area contributed by atoms with Crippen molar-refractivity contribution in [3.8, 4) is 0 Å². The molecular formula is C88H142NO8+. The number of carboxylic acid groups (broad SMARTS) is 1. The van der Waals surface area contributed by atoms with Crippen molar-refractivity contribution in [2.75, 3.05) is 47.5 Å². The number of likely N-dealkylation sites (N-methyl/N-ethyl adjacent to an activating group) is 1. The summed E-state index contributed by atoms with van der Waals surface area (Å²) in [5.41, 5.74) is 0. The molecule has 0 fully saturated rings. The van der Waals surface area contributed by atoms with Gasteiger partial charge in [-0.2, -0.15) is 0 Å². The second-order valence-corrected chi connectivity index (χ2v) is 26.2. The van der Waals surface area contributed by atoms with E-state index in [9.17, 15) is 19.5 Å². The maximum Gasteiger partial charge on any atom is 0.361 e. The average molecular weight is 1340 g/mol. The zero-order valence-corrected chi connectivity index (χ0v) is 62.4. The molecule has 0 radical (unpaired) electrons.